The average Bonchev–Trinajstić information content (AvgIpc) is 3.39. The Bertz CT molecular complexity index is 1760. The largest absolute Gasteiger partial charge is 0.396 e. The zero-order chi connectivity index (χ0) is 32.2. The van der Waals surface area contributed by atoms with Crippen LogP contribution in [0, 0.1) is 17.5 Å². The van der Waals surface area contributed by atoms with Crippen LogP contribution in [0.5, 0.6) is 0 Å². The van der Waals surface area contributed by atoms with E-state index in [0.717, 1.165) is 24.3 Å². The standard InChI is InChI=1S/C29H31F3N6O4S2/c1-16(35-22(40)12-14-39)15-34-28-33-13-11-21(36-28)25-24(37-27(43-25)29(2,3)4)17-7-5-10-20(23(17)32)38-44(41,42)26-18(30)8-6-9-19(26)31/h5-11,13,16,38-39H,12,14-15H2,1-4H3,(H,35,40)(H,33,34,36)/t16-/m0/s1. The number of aliphatic hydroxyl groups excluding tert-OH is 1. The fraction of sp³-hybridized carbons (Fsp3) is 0.310. The highest BCUT2D eigenvalue weighted by Gasteiger charge is 2.28. The van der Waals surface area contributed by atoms with Gasteiger partial charge in [-0.1, -0.05) is 32.9 Å². The van der Waals surface area contributed by atoms with Crippen LogP contribution in [0.4, 0.5) is 24.8 Å². The summed E-state index contributed by atoms with van der Waals surface area (Å²) < 4.78 is 72.2. The van der Waals surface area contributed by atoms with Crippen molar-refractivity contribution in [2.24, 2.45) is 0 Å². The highest BCUT2D eigenvalue weighted by atomic mass is 32.2. The second kappa shape index (κ2) is 13.3. The first-order valence-electron chi connectivity index (χ1n) is 13.5. The van der Waals surface area contributed by atoms with Gasteiger partial charge in [0.2, 0.25) is 11.9 Å². The third-order valence-corrected chi connectivity index (χ3v) is 9.08. The van der Waals surface area contributed by atoms with Crippen LogP contribution in [0.3, 0.4) is 0 Å². The summed E-state index contributed by atoms with van der Waals surface area (Å²) in [5.41, 5.74) is -0.435. The lowest BCUT2D eigenvalue weighted by Crippen LogP contribution is -2.37. The van der Waals surface area contributed by atoms with Crippen molar-refractivity contribution in [3.05, 3.63) is 71.1 Å². The zero-order valence-corrected chi connectivity index (χ0v) is 25.9. The maximum Gasteiger partial charge on any atom is 0.267 e. The van der Waals surface area contributed by atoms with Crippen LogP contribution in [0.15, 0.2) is 53.6 Å². The van der Waals surface area contributed by atoms with Crippen LogP contribution in [0.25, 0.3) is 21.8 Å². The average molecular weight is 649 g/mol. The van der Waals surface area contributed by atoms with E-state index >= 15 is 4.39 Å². The molecule has 10 nitrogen and oxygen atoms in total. The number of hydrogen-bond acceptors (Lipinski definition) is 9. The predicted molar refractivity (Wildman–Crippen MR) is 162 cm³/mol. The molecule has 0 bridgehead atoms. The molecule has 0 aliphatic rings. The Labute approximate surface area is 256 Å². The van der Waals surface area contributed by atoms with Crippen LogP contribution in [0.2, 0.25) is 0 Å². The Morgan fingerprint density at radius 1 is 1.05 bits per heavy atom. The second-order valence-electron chi connectivity index (χ2n) is 10.9. The fourth-order valence-electron chi connectivity index (χ4n) is 4.04. The maximum atomic E-state index is 16.0. The Kier molecular flexibility index (Phi) is 9.91. The minimum atomic E-state index is -4.83. The van der Waals surface area contributed by atoms with Crippen molar-refractivity contribution >= 4 is 38.9 Å². The van der Waals surface area contributed by atoms with Gasteiger partial charge in [0.25, 0.3) is 10.0 Å². The molecule has 2 aromatic carbocycles. The number of halogens is 3. The summed E-state index contributed by atoms with van der Waals surface area (Å²) in [5.74, 6) is -3.70. The number of anilines is 2. The SMILES string of the molecule is C[C@@H](CNc1nccc(-c2sc(C(C)(C)C)nc2-c2cccc(NS(=O)(=O)c3c(F)cccc3F)c2F)n1)NC(=O)CCO. The van der Waals surface area contributed by atoms with Crippen molar-refractivity contribution in [2.75, 3.05) is 23.2 Å². The fourth-order valence-corrected chi connectivity index (χ4v) is 6.35. The zero-order valence-electron chi connectivity index (χ0n) is 24.3. The van der Waals surface area contributed by atoms with Crippen LogP contribution in [-0.2, 0) is 20.2 Å². The number of hydrogen-bond donors (Lipinski definition) is 4. The summed E-state index contributed by atoms with van der Waals surface area (Å²) in [5, 5.41) is 15.3. The molecule has 0 aliphatic heterocycles. The first-order chi connectivity index (χ1) is 20.7. The number of thiazole rings is 1. The number of amides is 1. The first kappa shape index (κ1) is 32.8. The molecule has 0 unspecified atom stereocenters. The van der Waals surface area contributed by atoms with Crippen LogP contribution >= 0.6 is 11.3 Å². The summed E-state index contributed by atoms with van der Waals surface area (Å²) >= 11 is 1.28. The van der Waals surface area contributed by atoms with Gasteiger partial charge in [-0.05, 0) is 37.3 Å². The van der Waals surface area contributed by atoms with Crippen molar-refractivity contribution in [3.63, 3.8) is 0 Å². The highest BCUT2D eigenvalue weighted by Crippen LogP contribution is 2.42. The monoisotopic (exact) mass is 648 g/mol. The lowest BCUT2D eigenvalue weighted by Gasteiger charge is -2.15. The number of carbonyl (C=O) groups is 1. The predicted octanol–water partition coefficient (Wildman–Crippen LogP) is 5.08. The molecule has 234 valence electrons. The lowest BCUT2D eigenvalue weighted by molar-refractivity contribution is -0.122. The smallest absolute Gasteiger partial charge is 0.267 e. The number of nitrogens with zero attached hydrogens (tertiary/aromatic N) is 3. The van der Waals surface area contributed by atoms with Gasteiger partial charge in [0, 0.05) is 36.2 Å². The topological polar surface area (TPSA) is 146 Å². The number of carbonyl (C=O) groups excluding carboxylic acids is 1. The summed E-state index contributed by atoms with van der Waals surface area (Å²) in [6.45, 7) is 7.59. The number of aliphatic hydroxyl groups is 1. The molecule has 0 saturated heterocycles. The van der Waals surface area contributed by atoms with Crippen molar-refractivity contribution in [3.8, 4) is 21.8 Å². The van der Waals surface area contributed by atoms with E-state index in [4.69, 9.17) is 10.1 Å². The van der Waals surface area contributed by atoms with Gasteiger partial charge < -0.3 is 15.7 Å². The van der Waals surface area contributed by atoms with E-state index < -0.39 is 43.5 Å². The van der Waals surface area contributed by atoms with Gasteiger partial charge >= 0.3 is 0 Å². The Hall–Kier alpha value is -4.08. The molecule has 0 aliphatic carbocycles. The Morgan fingerprint density at radius 2 is 1.73 bits per heavy atom. The molecule has 4 rings (SSSR count). The molecule has 4 aromatic rings. The van der Waals surface area contributed by atoms with E-state index in [2.05, 4.69) is 20.6 Å². The molecular weight excluding hydrogens is 617 g/mol. The Balaban J connectivity index is 1.71. The van der Waals surface area contributed by atoms with E-state index in [1.54, 1.807) is 13.0 Å². The van der Waals surface area contributed by atoms with E-state index in [9.17, 15) is 22.0 Å². The quantitative estimate of drug-likeness (QED) is 0.176. The molecule has 0 radical (unpaired) electrons. The third kappa shape index (κ3) is 7.52. The molecule has 0 fully saturated rings. The van der Waals surface area contributed by atoms with Crippen molar-refractivity contribution in [2.45, 2.75) is 50.5 Å². The molecule has 1 amide bonds. The number of nitrogens with one attached hydrogen (secondary N) is 3. The Morgan fingerprint density at radius 3 is 2.39 bits per heavy atom. The maximum absolute atomic E-state index is 16.0. The van der Waals surface area contributed by atoms with Crippen molar-refractivity contribution in [1.29, 1.82) is 0 Å². The minimum Gasteiger partial charge on any atom is -0.396 e. The van der Waals surface area contributed by atoms with Crippen LogP contribution in [0.1, 0.15) is 39.1 Å². The first-order valence-corrected chi connectivity index (χ1v) is 15.8. The van der Waals surface area contributed by atoms with Gasteiger partial charge in [-0.3, -0.25) is 9.52 Å². The normalized spacial score (nSPS) is 12.5. The molecular formula is C29H31F3N6O4S2. The molecule has 1 atom stereocenters. The minimum absolute atomic E-state index is 0.0141. The van der Waals surface area contributed by atoms with Crippen molar-refractivity contribution in [1.82, 2.24) is 20.3 Å². The third-order valence-electron chi connectivity index (χ3n) is 6.16. The van der Waals surface area contributed by atoms with Gasteiger partial charge in [-0.2, -0.15) is 0 Å². The van der Waals surface area contributed by atoms with E-state index in [1.807, 2.05) is 25.5 Å². The van der Waals surface area contributed by atoms with Gasteiger partial charge in [-0.25, -0.2) is 36.5 Å². The van der Waals surface area contributed by atoms with Gasteiger partial charge in [-0.15, -0.1) is 11.3 Å². The number of aromatic nitrogens is 3. The number of benzene rings is 2. The molecule has 2 aromatic heterocycles. The summed E-state index contributed by atoms with van der Waals surface area (Å²) in [4.78, 5) is 24.5. The highest BCUT2D eigenvalue weighted by molar-refractivity contribution is 7.92. The molecule has 4 N–H and O–H groups in total. The van der Waals surface area contributed by atoms with Crippen LogP contribution in [-0.4, -0.2) is 53.6 Å². The van der Waals surface area contributed by atoms with E-state index in [1.165, 1.54) is 29.7 Å². The van der Waals surface area contributed by atoms with Crippen molar-refractivity contribution < 1.29 is 31.5 Å². The second-order valence-corrected chi connectivity index (χ2v) is 13.5. The van der Waals surface area contributed by atoms with E-state index in [-0.39, 0.29) is 48.7 Å². The summed E-state index contributed by atoms with van der Waals surface area (Å²) in [7, 11) is -4.83. The van der Waals surface area contributed by atoms with Gasteiger partial charge in [0.15, 0.2) is 10.7 Å². The lowest BCUT2D eigenvalue weighted by atomic mass is 9.98. The molecule has 0 spiro atoms. The van der Waals surface area contributed by atoms with Gasteiger partial charge in [0.1, 0.15) is 11.6 Å². The number of rotatable bonds is 11. The number of sulfonamides is 1. The molecule has 44 heavy (non-hydrogen) atoms. The summed E-state index contributed by atoms with van der Waals surface area (Å²) in [6, 6.07) is 7.87. The van der Waals surface area contributed by atoms with Gasteiger partial charge in [0.05, 0.1) is 33.6 Å². The van der Waals surface area contributed by atoms with E-state index in [0.29, 0.717) is 15.6 Å². The molecule has 0 saturated carbocycles. The summed E-state index contributed by atoms with van der Waals surface area (Å²) in [6.07, 6.45) is 1.49. The molecule has 2 heterocycles. The molecule has 15 heteroatoms. The van der Waals surface area contributed by atoms with Crippen LogP contribution < -0.4 is 15.4 Å².